The Labute approximate surface area is 164 Å². The Bertz CT molecular complexity index is 1220. The number of carbonyl (C=O) groups excluding carboxylic acids is 1. The summed E-state index contributed by atoms with van der Waals surface area (Å²) in [6, 6.07) is 8.67. The minimum Gasteiger partial charge on any atom is -0.478 e. The second kappa shape index (κ2) is 7.43. The summed E-state index contributed by atoms with van der Waals surface area (Å²) in [6.45, 7) is 1.60. The molecule has 0 bridgehead atoms. The maximum atomic E-state index is 13.1. The number of halogens is 1. The highest BCUT2D eigenvalue weighted by molar-refractivity contribution is 7.90. The molecule has 29 heavy (non-hydrogen) atoms. The SMILES string of the molecule is Cc1nc(C(=O)Nc2cc(C(=O)O)cc(S(C)(=O)=O)c2)nn1-c1ccc(F)cc1. The first-order valence-corrected chi connectivity index (χ1v) is 10.0. The van der Waals surface area contributed by atoms with Gasteiger partial charge in [-0.1, -0.05) is 0 Å². The fraction of sp³-hybridized carbons (Fsp3) is 0.111. The molecule has 0 spiro atoms. The number of hydrogen-bond donors (Lipinski definition) is 2. The Morgan fingerprint density at radius 1 is 1.14 bits per heavy atom. The summed E-state index contributed by atoms with van der Waals surface area (Å²) < 4.78 is 38.0. The van der Waals surface area contributed by atoms with Crippen LogP contribution in [0.15, 0.2) is 47.4 Å². The quantitative estimate of drug-likeness (QED) is 0.648. The number of rotatable bonds is 5. The van der Waals surface area contributed by atoms with Crippen LogP contribution in [0.25, 0.3) is 5.69 Å². The number of amides is 1. The van der Waals surface area contributed by atoms with Crippen molar-refractivity contribution in [1.29, 1.82) is 0 Å². The molecule has 0 saturated carbocycles. The first kappa shape index (κ1) is 20.1. The number of hydrogen-bond acceptors (Lipinski definition) is 6. The van der Waals surface area contributed by atoms with Crippen molar-refractivity contribution < 1.29 is 27.5 Å². The van der Waals surface area contributed by atoms with Gasteiger partial charge in [-0.05, 0) is 49.4 Å². The number of carboxylic acid groups (broad SMARTS) is 1. The summed E-state index contributed by atoms with van der Waals surface area (Å²) in [6.07, 6.45) is 0.925. The number of aryl methyl sites for hydroxylation is 1. The lowest BCUT2D eigenvalue weighted by Gasteiger charge is -2.07. The standard InChI is InChI=1S/C18H15FN4O5S/c1-10-20-16(22-23(10)14-5-3-12(19)4-6-14)17(24)21-13-7-11(18(25)26)8-15(9-13)29(2,27)28/h3-9H,1-2H3,(H,21,24)(H,25,26). The molecule has 0 atom stereocenters. The maximum absolute atomic E-state index is 13.1. The van der Waals surface area contributed by atoms with Gasteiger partial charge in [0.1, 0.15) is 11.6 Å². The van der Waals surface area contributed by atoms with E-state index in [1.165, 1.54) is 28.9 Å². The summed E-state index contributed by atoms with van der Waals surface area (Å²) >= 11 is 0. The highest BCUT2D eigenvalue weighted by Gasteiger charge is 2.18. The van der Waals surface area contributed by atoms with E-state index in [9.17, 15) is 27.5 Å². The summed E-state index contributed by atoms with van der Waals surface area (Å²) in [5, 5.41) is 15.6. The largest absolute Gasteiger partial charge is 0.478 e. The van der Waals surface area contributed by atoms with Gasteiger partial charge in [0.25, 0.3) is 5.91 Å². The normalized spacial score (nSPS) is 11.3. The zero-order chi connectivity index (χ0) is 21.3. The molecule has 0 aliphatic rings. The Balaban J connectivity index is 1.93. The van der Waals surface area contributed by atoms with Gasteiger partial charge in [-0.25, -0.2) is 27.3 Å². The van der Waals surface area contributed by atoms with E-state index in [0.717, 1.165) is 24.5 Å². The molecule has 1 amide bonds. The van der Waals surface area contributed by atoms with Crippen LogP contribution in [0, 0.1) is 12.7 Å². The van der Waals surface area contributed by atoms with Crippen molar-refractivity contribution in [2.75, 3.05) is 11.6 Å². The molecule has 1 aromatic heterocycles. The van der Waals surface area contributed by atoms with E-state index in [1.807, 2.05) is 0 Å². The average Bonchev–Trinajstić information content (AvgIpc) is 3.03. The van der Waals surface area contributed by atoms with Crippen molar-refractivity contribution in [1.82, 2.24) is 14.8 Å². The number of aromatic nitrogens is 3. The van der Waals surface area contributed by atoms with E-state index in [4.69, 9.17) is 0 Å². The van der Waals surface area contributed by atoms with E-state index >= 15 is 0 Å². The molecular formula is C18H15FN4O5S. The van der Waals surface area contributed by atoms with Crippen molar-refractivity contribution in [3.8, 4) is 5.69 Å². The first-order valence-electron chi connectivity index (χ1n) is 8.14. The Morgan fingerprint density at radius 3 is 2.38 bits per heavy atom. The van der Waals surface area contributed by atoms with Gasteiger partial charge < -0.3 is 10.4 Å². The zero-order valence-corrected chi connectivity index (χ0v) is 16.1. The molecule has 0 saturated heterocycles. The van der Waals surface area contributed by atoms with Gasteiger partial charge in [0.15, 0.2) is 9.84 Å². The predicted octanol–water partition coefficient (Wildman–Crippen LogP) is 2.07. The number of carbonyl (C=O) groups is 2. The lowest BCUT2D eigenvalue weighted by molar-refractivity contribution is 0.0696. The van der Waals surface area contributed by atoms with Gasteiger partial charge in [-0.2, -0.15) is 0 Å². The highest BCUT2D eigenvalue weighted by Crippen LogP contribution is 2.20. The molecule has 3 rings (SSSR count). The van der Waals surface area contributed by atoms with E-state index in [1.54, 1.807) is 6.92 Å². The van der Waals surface area contributed by atoms with Crippen LogP contribution in [0.1, 0.15) is 26.8 Å². The summed E-state index contributed by atoms with van der Waals surface area (Å²) in [7, 11) is -3.70. The molecular weight excluding hydrogens is 403 g/mol. The minimum atomic E-state index is -3.70. The third kappa shape index (κ3) is 4.46. The van der Waals surface area contributed by atoms with Crippen LogP contribution in [-0.4, -0.2) is 46.4 Å². The van der Waals surface area contributed by atoms with Crippen LogP contribution in [-0.2, 0) is 9.84 Å². The topological polar surface area (TPSA) is 131 Å². The molecule has 2 aromatic carbocycles. The molecule has 0 radical (unpaired) electrons. The van der Waals surface area contributed by atoms with Gasteiger partial charge >= 0.3 is 5.97 Å². The number of nitrogens with zero attached hydrogens (tertiary/aromatic N) is 3. The van der Waals surface area contributed by atoms with Crippen LogP contribution in [0.5, 0.6) is 0 Å². The molecule has 0 unspecified atom stereocenters. The van der Waals surface area contributed by atoms with Crippen LogP contribution >= 0.6 is 0 Å². The second-order valence-corrected chi connectivity index (χ2v) is 8.16. The number of anilines is 1. The van der Waals surface area contributed by atoms with E-state index in [0.29, 0.717) is 11.5 Å². The third-order valence-corrected chi connectivity index (χ3v) is 4.97. The van der Waals surface area contributed by atoms with E-state index in [-0.39, 0.29) is 22.0 Å². The number of carboxylic acids is 1. The molecule has 9 nitrogen and oxygen atoms in total. The summed E-state index contributed by atoms with van der Waals surface area (Å²) in [4.78, 5) is 27.5. The fourth-order valence-electron chi connectivity index (χ4n) is 2.51. The second-order valence-electron chi connectivity index (χ2n) is 6.15. The Morgan fingerprint density at radius 2 is 1.79 bits per heavy atom. The number of benzene rings is 2. The minimum absolute atomic E-state index is 0.0360. The lowest BCUT2D eigenvalue weighted by atomic mass is 10.2. The van der Waals surface area contributed by atoms with Crippen molar-refractivity contribution in [2.45, 2.75) is 11.8 Å². The number of aromatic carboxylic acids is 1. The average molecular weight is 418 g/mol. The molecule has 3 aromatic rings. The van der Waals surface area contributed by atoms with E-state index < -0.39 is 27.5 Å². The van der Waals surface area contributed by atoms with Gasteiger partial charge in [0.2, 0.25) is 5.82 Å². The lowest BCUT2D eigenvalue weighted by Crippen LogP contribution is -2.15. The van der Waals surface area contributed by atoms with Crippen molar-refractivity contribution in [2.24, 2.45) is 0 Å². The number of sulfone groups is 1. The van der Waals surface area contributed by atoms with E-state index in [2.05, 4.69) is 15.4 Å². The predicted molar refractivity (Wildman–Crippen MR) is 101 cm³/mol. The van der Waals surface area contributed by atoms with Gasteiger partial charge in [-0.3, -0.25) is 4.79 Å². The monoisotopic (exact) mass is 418 g/mol. The molecule has 11 heteroatoms. The van der Waals surface area contributed by atoms with Gasteiger partial charge in [-0.15, -0.1) is 5.10 Å². The Hall–Kier alpha value is -3.60. The van der Waals surface area contributed by atoms with Gasteiger partial charge in [0, 0.05) is 11.9 Å². The fourth-order valence-corrected chi connectivity index (χ4v) is 3.19. The molecule has 1 heterocycles. The number of nitrogens with one attached hydrogen (secondary N) is 1. The maximum Gasteiger partial charge on any atom is 0.335 e. The molecule has 0 fully saturated rings. The van der Waals surface area contributed by atoms with Crippen molar-refractivity contribution in [3.63, 3.8) is 0 Å². The highest BCUT2D eigenvalue weighted by atomic mass is 32.2. The molecule has 0 aliphatic heterocycles. The molecule has 150 valence electrons. The summed E-state index contributed by atoms with van der Waals surface area (Å²) in [5.74, 6) is -2.41. The third-order valence-electron chi connectivity index (χ3n) is 3.88. The van der Waals surface area contributed by atoms with Crippen LogP contribution < -0.4 is 5.32 Å². The molecule has 2 N–H and O–H groups in total. The summed E-state index contributed by atoms with van der Waals surface area (Å²) in [5.41, 5.74) is 0.151. The first-order chi connectivity index (χ1) is 13.5. The van der Waals surface area contributed by atoms with Gasteiger partial charge in [0.05, 0.1) is 16.1 Å². The van der Waals surface area contributed by atoms with Crippen LogP contribution in [0.2, 0.25) is 0 Å². The van der Waals surface area contributed by atoms with Crippen molar-refractivity contribution in [3.05, 3.63) is 65.5 Å². The smallest absolute Gasteiger partial charge is 0.335 e. The van der Waals surface area contributed by atoms with Crippen LogP contribution in [0.3, 0.4) is 0 Å². The zero-order valence-electron chi connectivity index (χ0n) is 15.2. The Kier molecular flexibility index (Phi) is 5.16. The van der Waals surface area contributed by atoms with Crippen molar-refractivity contribution >= 4 is 27.4 Å². The van der Waals surface area contributed by atoms with Crippen LogP contribution in [0.4, 0.5) is 10.1 Å². The molecule has 0 aliphatic carbocycles.